The molecule has 0 saturated carbocycles. The largest absolute Gasteiger partial charge is 0.222 e. The van der Waals surface area contributed by atoms with Gasteiger partial charge < -0.3 is 0 Å². The standard InChI is InChI=1S/C41H31Se2.ClHO4/c1-5-13-28(14-6-1)36-26-38(30-17-9-3-10-18-30)42-40-32(21-23-34(36)40)25-33-22-24-35-37(29-15-7-2-8-16-29)27-39(43-41(33)35)31-19-11-4-12-20-31;2-1(3,4)5/h1-20,25-27H,21-24H2;(H,2,3,4,5)/q+1;/p-1. The molecule has 4 nitrogen and oxygen atoms in total. The van der Waals surface area contributed by atoms with Crippen LogP contribution >= 0.6 is 0 Å². The molecule has 0 saturated heterocycles. The van der Waals surface area contributed by atoms with Crippen molar-refractivity contribution in [2.75, 3.05) is 0 Å². The Labute approximate surface area is 295 Å². The topological polar surface area (TPSA) is 92.2 Å². The van der Waals surface area contributed by atoms with Gasteiger partial charge in [-0.25, -0.2) is 18.6 Å². The molecule has 4 aromatic carbocycles. The second kappa shape index (κ2) is 14.5. The van der Waals surface area contributed by atoms with Gasteiger partial charge in [-0.2, -0.15) is 0 Å². The third kappa shape index (κ3) is 7.49. The molecular weight excluding hydrogens is 750 g/mol. The average molecular weight is 781 g/mol. The van der Waals surface area contributed by atoms with Crippen molar-refractivity contribution in [3.63, 3.8) is 0 Å². The summed E-state index contributed by atoms with van der Waals surface area (Å²) >= 11 is 0.587. The summed E-state index contributed by atoms with van der Waals surface area (Å²) in [6.45, 7) is 0. The second-order valence-electron chi connectivity index (χ2n) is 11.7. The number of hydrogen-bond acceptors (Lipinski definition) is 4. The maximum Gasteiger partial charge on any atom is -0.112 e. The van der Waals surface area contributed by atoms with E-state index in [2.05, 4.69) is 140 Å². The molecule has 5 aromatic rings. The maximum absolute atomic E-state index is 8.49. The van der Waals surface area contributed by atoms with Crippen molar-refractivity contribution in [2.45, 2.75) is 25.7 Å². The normalized spacial score (nSPS) is 16.3. The number of halogens is 1. The fourth-order valence-corrected chi connectivity index (χ4v) is 11.9. The van der Waals surface area contributed by atoms with E-state index in [4.69, 9.17) is 18.6 Å². The van der Waals surface area contributed by atoms with Gasteiger partial charge in [-0.1, -0.05) is 0 Å². The molecule has 8 rings (SSSR count). The minimum atomic E-state index is -4.94. The van der Waals surface area contributed by atoms with Gasteiger partial charge in [0.25, 0.3) is 0 Å². The van der Waals surface area contributed by atoms with Gasteiger partial charge in [-0.05, 0) is 0 Å². The Bertz CT molecular complexity index is 2060. The van der Waals surface area contributed by atoms with Gasteiger partial charge in [0, 0.05) is 0 Å². The van der Waals surface area contributed by atoms with Gasteiger partial charge in [0.15, 0.2) is 0 Å². The summed E-state index contributed by atoms with van der Waals surface area (Å²) in [5, 5.41) is 0. The van der Waals surface area contributed by atoms with Gasteiger partial charge in [-0.3, -0.25) is 0 Å². The first-order valence-electron chi connectivity index (χ1n) is 15.7. The Morgan fingerprint density at radius 2 is 1.15 bits per heavy atom. The van der Waals surface area contributed by atoms with Crippen LogP contribution in [0.25, 0.3) is 36.7 Å². The van der Waals surface area contributed by atoms with E-state index < -0.39 is 10.2 Å². The summed E-state index contributed by atoms with van der Waals surface area (Å²) in [5.41, 5.74) is 14.6. The van der Waals surface area contributed by atoms with Crippen molar-refractivity contribution >= 4 is 45.1 Å². The fraction of sp³-hybridized carbons (Fsp3) is 0.0976. The predicted octanol–water partition coefficient (Wildman–Crippen LogP) is 5.19. The minimum absolute atomic E-state index is 0.293. The van der Waals surface area contributed by atoms with Crippen LogP contribution in [-0.2, 0) is 6.42 Å². The van der Waals surface area contributed by atoms with E-state index in [1.54, 1.807) is 31.2 Å². The second-order valence-corrected chi connectivity index (χ2v) is 16.9. The van der Waals surface area contributed by atoms with Crippen molar-refractivity contribution in [1.29, 1.82) is 0 Å². The zero-order valence-electron chi connectivity index (χ0n) is 25.9. The van der Waals surface area contributed by atoms with Crippen molar-refractivity contribution in [3.8, 4) is 21.1 Å². The van der Waals surface area contributed by atoms with Crippen LogP contribution in [-0.4, -0.2) is 29.5 Å². The smallest absolute Gasteiger partial charge is 0.112 e. The van der Waals surface area contributed by atoms with Gasteiger partial charge in [0.05, 0.1) is 0 Å². The minimum Gasteiger partial charge on any atom is -0.222 e. The Kier molecular flexibility index (Phi) is 9.90. The Morgan fingerprint density at radius 1 is 0.604 bits per heavy atom. The number of hydrogen-bond donors (Lipinski definition) is 0. The van der Waals surface area contributed by atoms with Crippen LogP contribution in [0, 0.1) is 10.2 Å². The molecule has 3 aliphatic rings. The Balaban J connectivity index is 0.000000681. The van der Waals surface area contributed by atoms with Gasteiger partial charge >= 0.3 is 268 Å². The number of benzene rings is 4. The number of allylic oxidation sites excluding steroid dienone is 7. The van der Waals surface area contributed by atoms with Crippen LogP contribution in [0.5, 0.6) is 0 Å². The van der Waals surface area contributed by atoms with E-state index in [1.807, 2.05) is 0 Å². The summed E-state index contributed by atoms with van der Waals surface area (Å²) in [5.74, 6) is 0. The molecule has 0 fully saturated rings. The quantitative estimate of drug-likeness (QED) is 0.230. The molecule has 1 aliphatic heterocycles. The summed E-state index contributed by atoms with van der Waals surface area (Å²) in [4.78, 5) is 0. The van der Waals surface area contributed by atoms with Gasteiger partial charge in [-0.15, -0.1) is 10.2 Å². The average Bonchev–Trinajstić information content (AvgIpc) is 3.72. The van der Waals surface area contributed by atoms with Crippen molar-refractivity contribution in [1.82, 2.24) is 0 Å². The van der Waals surface area contributed by atoms with E-state index in [0.717, 1.165) is 25.7 Å². The summed E-state index contributed by atoms with van der Waals surface area (Å²) < 4.78 is 40.2. The van der Waals surface area contributed by atoms with E-state index in [-0.39, 0.29) is 0 Å². The molecule has 2 aliphatic carbocycles. The van der Waals surface area contributed by atoms with E-state index >= 15 is 0 Å². The molecule has 0 radical (unpaired) electrons. The molecule has 7 heteroatoms. The van der Waals surface area contributed by atoms with Crippen LogP contribution in [0.3, 0.4) is 0 Å². The number of fused-ring (bicyclic) bond motifs is 2. The van der Waals surface area contributed by atoms with Gasteiger partial charge in [0.2, 0.25) is 0 Å². The Hall–Kier alpha value is -3.64. The Morgan fingerprint density at radius 3 is 1.75 bits per heavy atom. The molecule has 0 amide bonds. The SMILES string of the molecule is C1=C(c2ccccc2)[Se]C2=C(/C=C3\CCc4c(-c5ccccc5)cc(-c5ccccc5)[se+]c43)CCC2=C1c1ccccc1.[O-][Cl+3]([O-])([O-])[O-]. The molecule has 48 heavy (non-hydrogen) atoms. The summed E-state index contributed by atoms with van der Waals surface area (Å²) in [7, 11) is -4.94. The zero-order chi connectivity index (χ0) is 33.1. The third-order valence-corrected chi connectivity index (χ3v) is 14.1. The summed E-state index contributed by atoms with van der Waals surface area (Å²) in [6, 6.07) is 46.7. The van der Waals surface area contributed by atoms with Gasteiger partial charge in [0.1, 0.15) is 0 Å². The van der Waals surface area contributed by atoms with Crippen molar-refractivity contribution in [2.24, 2.45) is 0 Å². The van der Waals surface area contributed by atoms with E-state index in [9.17, 15) is 0 Å². The maximum atomic E-state index is 8.49. The monoisotopic (exact) mass is 782 g/mol. The predicted molar refractivity (Wildman–Crippen MR) is 185 cm³/mol. The van der Waals surface area contributed by atoms with Crippen LogP contribution in [0.2, 0.25) is 0 Å². The van der Waals surface area contributed by atoms with Crippen LogP contribution < -0.4 is 18.6 Å². The molecule has 0 atom stereocenters. The molecule has 0 N–H and O–H groups in total. The molecule has 0 bridgehead atoms. The van der Waals surface area contributed by atoms with Crippen LogP contribution in [0.1, 0.15) is 40.4 Å². The fourth-order valence-electron chi connectivity index (χ4n) is 6.57. The first-order chi connectivity index (χ1) is 23.3. The number of rotatable bonds is 5. The molecule has 0 spiro atoms. The van der Waals surface area contributed by atoms with E-state index in [1.165, 1.54) is 42.3 Å². The molecule has 2 heterocycles. The van der Waals surface area contributed by atoms with Crippen molar-refractivity contribution in [3.05, 3.63) is 176 Å². The van der Waals surface area contributed by atoms with Crippen LogP contribution in [0.4, 0.5) is 0 Å². The van der Waals surface area contributed by atoms with E-state index in [0.29, 0.717) is 29.5 Å². The third-order valence-electron chi connectivity index (χ3n) is 8.68. The van der Waals surface area contributed by atoms with Crippen molar-refractivity contribution < 1.29 is 28.9 Å². The molecule has 1 aromatic heterocycles. The first-order valence-corrected chi connectivity index (χ1v) is 20.4. The zero-order valence-corrected chi connectivity index (χ0v) is 30.1. The first kappa shape index (κ1) is 32.9. The van der Waals surface area contributed by atoms with Crippen LogP contribution in [0.15, 0.2) is 155 Å². The molecule has 0 unspecified atom stereocenters. The molecule has 238 valence electrons. The summed E-state index contributed by atoms with van der Waals surface area (Å²) in [6.07, 6.45) is 9.72. The molecular formula is C41H31ClO4Se2.